The lowest BCUT2D eigenvalue weighted by Gasteiger charge is -2.12. The number of aromatic amines is 1. The van der Waals surface area contributed by atoms with Gasteiger partial charge in [0.05, 0.1) is 26.4 Å². The molecule has 4 rings (SSSR count). The fourth-order valence-corrected chi connectivity index (χ4v) is 4.11. The van der Waals surface area contributed by atoms with Crippen molar-refractivity contribution in [3.8, 4) is 0 Å². The first-order valence-corrected chi connectivity index (χ1v) is 9.85. The van der Waals surface area contributed by atoms with E-state index in [0.717, 1.165) is 16.7 Å². The Bertz CT molecular complexity index is 1220. The van der Waals surface area contributed by atoms with Crippen LogP contribution in [0.2, 0.25) is 10.0 Å². The van der Waals surface area contributed by atoms with Crippen LogP contribution in [0.4, 0.5) is 10.5 Å². The Morgan fingerprint density at radius 2 is 1.93 bits per heavy atom. The summed E-state index contributed by atoms with van der Waals surface area (Å²) in [7, 11) is 0. The van der Waals surface area contributed by atoms with Gasteiger partial charge in [0.25, 0.3) is 16.8 Å². The van der Waals surface area contributed by atoms with Crippen molar-refractivity contribution in [3.05, 3.63) is 78.8 Å². The number of non-ortho nitro benzene ring substituents is 1. The van der Waals surface area contributed by atoms with Crippen LogP contribution in [0.1, 0.15) is 11.1 Å². The van der Waals surface area contributed by atoms with Crippen LogP contribution in [0.3, 0.4) is 0 Å². The Labute approximate surface area is 178 Å². The van der Waals surface area contributed by atoms with Gasteiger partial charge in [-0.1, -0.05) is 29.3 Å². The second-order valence-electron chi connectivity index (χ2n) is 6.25. The molecule has 0 saturated carbocycles. The molecule has 1 fully saturated rings. The normalized spacial score (nSPS) is 15.7. The third-order valence-corrected chi connectivity index (χ3v) is 6.04. The second kappa shape index (κ2) is 7.55. The van der Waals surface area contributed by atoms with E-state index in [4.69, 9.17) is 23.2 Å². The number of nitro groups is 1. The number of hydrogen-bond acceptors (Lipinski definition) is 5. The predicted molar refractivity (Wildman–Crippen MR) is 113 cm³/mol. The van der Waals surface area contributed by atoms with Crippen LogP contribution < -0.4 is 0 Å². The Morgan fingerprint density at radius 3 is 2.66 bits per heavy atom. The van der Waals surface area contributed by atoms with Gasteiger partial charge in [-0.05, 0) is 41.6 Å². The number of aromatic nitrogens is 1. The first-order chi connectivity index (χ1) is 13.8. The SMILES string of the molecule is O=C1SC(=Cc2c[nH]c3ccc([N+](=O)[O-])cc23)C(=O)N1Cc1ccc(Cl)c(Cl)c1. The first-order valence-electron chi connectivity index (χ1n) is 8.28. The van der Waals surface area contributed by atoms with Crippen molar-refractivity contribution in [1.82, 2.24) is 9.88 Å². The number of amides is 2. The van der Waals surface area contributed by atoms with Gasteiger partial charge in [0.15, 0.2) is 0 Å². The third-order valence-electron chi connectivity index (χ3n) is 4.39. The van der Waals surface area contributed by atoms with E-state index in [9.17, 15) is 19.7 Å². The first kappa shape index (κ1) is 19.5. The summed E-state index contributed by atoms with van der Waals surface area (Å²) in [5, 5.41) is 11.9. The lowest BCUT2D eigenvalue weighted by atomic mass is 10.1. The highest BCUT2D eigenvalue weighted by Gasteiger charge is 2.35. The van der Waals surface area contributed by atoms with E-state index >= 15 is 0 Å². The maximum absolute atomic E-state index is 12.7. The molecule has 1 saturated heterocycles. The van der Waals surface area contributed by atoms with Gasteiger partial charge >= 0.3 is 0 Å². The molecule has 2 heterocycles. The van der Waals surface area contributed by atoms with Crippen molar-refractivity contribution in [2.45, 2.75) is 6.54 Å². The topological polar surface area (TPSA) is 96.3 Å². The fourth-order valence-electron chi connectivity index (χ4n) is 2.96. The van der Waals surface area contributed by atoms with Crippen LogP contribution in [0.15, 0.2) is 47.5 Å². The van der Waals surface area contributed by atoms with E-state index in [1.165, 1.54) is 12.1 Å². The highest BCUT2D eigenvalue weighted by molar-refractivity contribution is 8.18. The average Bonchev–Trinajstić information content (AvgIpc) is 3.20. The molecule has 1 aromatic heterocycles. The van der Waals surface area contributed by atoms with Crippen LogP contribution in [-0.2, 0) is 11.3 Å². The molecule has 0 radical (unpaired) electrons. The maximum atomic E-state index is 12.7. The van der Waals surface area contributed by atoms with Crippen LogP contribution in [-0.4, -0.2) is 26.0 Å². The van der Waals surface area contributed by atoms with Crippen LogP contribution in [0, 0.1) is 10.1 Å². The van der Waals surface area contributed by atoms with E-state index in [1.807, 2.05) is 0 Å². The molecule has 7 nitrogen and oxygen atoms in total. The Kier molecular flexibility index (Phi) is 5.08. The number of nitrogens with zero attached hydrogens (tertiary/aromatic N) is 2. The van der Waals surface area contributed by atoms with Gasteiger partial charge in [-0.2, -0.15) is 0 Å². The number of halogens is 2. The van der Waals surface area contributed by atoms with Gasteiger partial charge < -0.3 is 4.98 Å². The molecule has 2 amide bonds. The van der Waals surface area contributed by atoms with Crippen molar-refractivity contribution in [2.24, 2.45) is 0 Å². The number of carbonyl (C=O) groups is 2. The van der Waals surface area contributed by atoms with E-state index in [1.54, 1.807) is 36.5 Å². The number of nitro benzene ring substituents is 1. The molecule has 29 heavy (non-hydrogen) atoms. The zero-order chi connectivity index (χ0) is 20.7. The van der Waals surface area contributed by atoms with Crippen LogP contribution in [0.25, 0.3) is 17.0 Å². The van der Waals surface area contributed by atoms with E-state index in [-0.39, 0.29) is 17.1 Å². The fraction of sp³-hybridized carbons (Fsp3) is 0.0526. The second-order valence-corrected chi connectivity index (χ2v) is 8.05. The van der Waals surface area contributed by atoms with Crippen molar-refractivity contribution < 1.29 is 14.5 Å². The quantitative estimate of drug-likeness (QED) is 0.318. The predicted octanol–water partition coefficient (Wildman–Crippen LogP) is 5.62. The molecular formula is C19H11Cl2N3O4S. The van der Waals surface area contributed by atoms with Crippen molar-refractivity contribution >= 4 is 68.8 Å². The van der Waals surface area contributed by atoms with Gasteiger partial charge in [-0.25, -0.2) is 0 Å². The maximum Gasteiger partial charge on any atom is 0.293 e. The van der Waals surface area contributed by atoms with Gasteiger partial charge in [0, 0.05) is 34.8 Å². The number of hydrogen-bond donors (Lipinski definition) is 1. The molecule has 3 aromatic rings. The summed E-state index contributed by atoms with van der Waals surface area (Å²) >= 11 is 12.7. The van der Waals surface area contributed by atoms with Crippen LogP contribution >= 0.6 is 35.0 Å². The summed E-state index contributed by atoms with van der Waals surface area (Å²) in [4.78, 5) is 40.0. The summed E-state index contributed by atoms with van der Waals surface area (Å²) in [5.74, 6) is -0.439. The molecule has 1 aliphatic heterocycles. The highest BCUT2D eigenvalue weighted by atomic mass is 35.5. The van der Waals surface area contributed by atoms with E-state index in [2.05, 4.69) is 4.98 Å². The number of thioether (sulfide) groups is 1. The molecule has 10 heteroatoms. The van der Waals surface area contributed by atoms with Gasteiger partial charge in [0.1, 0.15) is 0 Å². The minimum atomic E-state index is -0.485. The standard InChI is InChI=1S/C19H11Cl2N3O4S/c20-14-3-1-10(5-15(14)21)9-23-18(25)17(29-19(23)26)6-11-8-22-16-4-2-12(24(27)28)7-13(11)16/h1-8,22H,9H2. The molecule has 146 valence electrons. The summed E-state index contributed by atoms with van der Waals surface area (Å²) in [6.07, 6.45) is 3.20. The van der Waals surface area contributed by atoms with Crippen molar-refractivity contribution in [3.63, 3.8) is 0 Å². The van der Waals surface area contributed by atoms with E-state index < -0.39 is 16.1 Å². The minimum absolute atomic E-state index is 0.0560. The summed E-state index contributed by atoms with van der Waals surface area (Å²) < 4.78 is 0. The van der Waals surface area contributed by atoms with E-state index in [0.29, 0.717) is 32.1 Å². The molecule has 2 aromatic carbocycles. The molecule has 1 N–H and O–H groups in total. The van der Waals surface area contributed by atoms with Crippen LogP contribution in [0.5, 0.6) is 0 Å². The molecule has 0 bridgehead atoms. The number of H-pyrrole nitrogens is 1. The largest absolute Gasteiger partial charge is 0.361 e. The van der Waals surface area contributed by atoms with Gasteiger partial charge in [-0.3, -0.25) is 24.6 Å². The summed E-state index contributed by atoms with van der Waals surface area (Å²) in [6.45, 7) is 0.0677. The lowest BCUT2D eigenvalue weighted by Crippen LogP contribution is -2.27. The summed E-state index contributed by atoms with van der Waals surface area (Å²) in [6, 6.07) is 9.33. The molecule has 0 spiro atoms. The lowest BCUT2D eigenvalue weighted by molar-refractivity contribution is -0.384. The highest BCUT2D eigenvalue weighted by Crippen LogP contribution is 2.35. The molecule has 1 aliphatic rings. The number of benzene rings is 2. The number of carbonyl (C=O) groups excluding carboxylic acids is 2. The summed E-state index contributed by atoms with van der Waals surface area (Å²) in [5.41, 5.74) is 1.89. The van der Waals surface area contributed by atoms with Gasteiger partial charge in [0.2, 0.25) is 0 Å². The smallest absolute Gasteiger partial charge is 0.293 e. The monoisotopic (exact) mass is 447 g/mol. The number of nitrogens with one attached hydrogen (secondary N) is 1. The van der Waals surface area contributed by atoms with Crippen molar-refractivity contribution in [2.75, 3.05) is 0 Å². The number of rotatable bonds is 4. The Morgan fingerprint density at radius 1 is 1.14 bits per heavy atom. The van der Waals surface area contributed by atoms with Crippen molar-refractivity contribution in [1.29, 1.82) is 0 Å². The minimum Gasteiger partial charge on any atom is -0.361 e. The average molecular weight is 448 g/mol. The molecule has 0 aliphatic carbocycles. The Balaban J connectivity index is 1.64. The molecular weight excluding hydrogens is 437 g/mol. The zero-order valence-electron chi connectivity index (χ0n) is 14.5. The number of fused-ring (bicyclic) bond motifs is 1. The molecule has 0 unspecified atom stereocenters. The Hall–Kier alpha value is -2.81. The molecule has 0 atom stereocenters. The zero-order valence-corrected chi connectivity index (χ0v) is 16.8. The third kappa shape index (κ3) is 3.74. The van der Waals surface area contributed by atoms with Gasteiger partial charge in [-0.15, -0.1) is 0 Å². The number of imide groups is 1.